The SMILES string of the molecule is C=CCOc1ccc(C2c3c(-c4c(C)cc(C)cc4O)n[nH]c3C(=O)N2Cc2ccc(F)cc2)cc1OCC. The molecule has 200 valence electrons. The Kier molecular flexibility index (Phi) is 7.11. The summed E-state index contributed by atoms with van der Waals surface area (Å²) in [5.74, 6) is 0.607. The molecule has 0 saturated heterocycles. The number of halogens is 1. The number of benzene rings is 3. The van der Waals surface area contributed by atoms with E-state index in [1.807, 2.05) is 45.0 Å². The summed E-state index contributed by atoms with van der Waals surface area (Å²) in [6.07, 6.45) is 1.66. The Morgan fingerprint density at radius 2 is 1.87 bits per heavy atom. The first kappa shape index (κ1) is 26.0. The quantitative estimate of drug-likeness (QED) is 0.251. The molecule has 1 unspecified atom stereocenters. The molecule has 1 atom stereocenters. The standard InChI is InChI=1S/C31H30FN3O4/c1-5-13-39-24-12-9-21(16-25(24)38-6-2)30-27-28(26-19(4)14-18(3)15-23(26)36)33-34-29(27)31(37)35(30)17-20-7-10-22(32)11-8-20/h5,7-12,14-16,30,36H,1,6,13,17H2,2-4H3,(H,33,34). The van der Waals surface area contributed by atoms with Crippen molar-refractivity contribution < 1.29 is 23.8 Å². The zero-order valence-corrected chi connectivity index (χ0v) is 22.1. The minimum absolute atomic E-state index is 0.0909. The fraction of sp³-hybridized carbons (Fsp3) is 0.226. The highest BCUT2D eigenvalue weighted by Crippen LogP contribution is 2.47. The molecule has 4 aromatic rings. The van der Waals surface area contributed by atoms with Gasteiger partial charge in [0.15, 0.2) is 11.5 Å². The number of H-pyrrole nitrogens is 1. The van der Waals surface area contributed by atoms with Crippen LogP contribution in [-0.4, -0.2) is 39.3 Å². The maximum atomic E-state index is 13.8. The fourth-order valence-corrected chi connectivity index (χ4v) is 5.17. The molecule has 8 heteroatoms. The van der Waals surface area contributed by atoms with Gasteiger partial charge in [-0.05, 0) is 73.4 Å². The van der Waals surface area contributed by atoms with Gasteiger partial charge in [-0.25, -0.2) is 4.39 Å². The second-order valence-electron chi connectivity index (χ2n) is 9.54. The number of ether oxygens (including phenoxy) is 2. The van der Waals surface area contributed by atoms with Gasteiger partial charge < -0.3 is 19.5 Å². The summed E-state index contributed by atoms with van der Waals surface area (Å²) in [6, 6.07) is 14.8. The molecule has 0 spiro atoms. The largest absolute Gasteiger partial charge is 0.507 e. The van der Waals surface area contributed by atoms with E-state index in [0.717, 1.165) is 22.3 Å². The van der Waals surface area contributed by atoms with Crippen molar-refractivity contribution in [3.05, 3.63) is 107 Å². The number of carbonyl (C=O) groups is 1. The molecule has 39 heavy (non-hydrogen) atoms. The molecule has 5 rings (SSSR count). The average Bonchev–Trinajstić information content (AvgIpc) is 3.43. The van der Waals surface area contributed by atoms with Crippen molar-refractivity contribution in [1.82, 2.24) is 15.1 Å². The first-order chi connectivity index (χ1) is 18.8. The van der Waals surface area contributed by atoms with Crippen molar-refractivity contribution in [3.8, 4) is 28.5 Å². The van der Waals surface area contributed by atoms with E-state index in [1.54, 1.807) is 29.2 Å². The van der Waals surface area contributed by atoms with Crippen LogP contribution in [0.5, 0.6) is 17.2 Å². The summed E-state index contributed by atoms with van der Waals surface area (Å²) in [4.78, 5) is 15.5. The van der Waals surface area contributed by atoms with Gasteiger partial charge in [0.1, 0.15) is 29.6 Å². The van der Waals surface area contributed by atoms with E-state index in [9.17, 15) is 14.3 Å². The Bertz CT molecular complexity index is 1520. The minimum atomic E-state index is -0.556. The molecule has 1 aromatic heterocycles. The summed E-state index contributed by atoms with van der Waals surface area (Å²) in [7, 11) is 0. The summed E-state index contributed by atoms with van der Waals surface area (Å²) >= 11 is 0. The van der Waals surface area contributed by atoms with Gasteiger partial charge in [0.05, 0.1) is 12.6 Å². The van der Waals surface area contributed by atoms with Gasteiger partial charge in [-0.3, -0.25) is 9.89 Å². The number of aromatic amines is 1. The molecule has 0 saturated carbocycles. The lowest BCUT2D eigenvalue weighted by atomic mass is 9.93. The number of hydrogen-bond donors (Lipinski definition) is 2. The normalized spacial score (nSPS) is 14.4. The van der Waals surface area contributed by atoms with Crippen LogP contribution in [0.1, 0.15) is 51.3 Å². The van der Waals surface area contributed by atoms with Crippen molar-refractivity contribution in [2.75, 3.05) is 13.2 Å². The third kappa shape index (κ3) is 4.85. The predicted octanol–water partition coefficient (Wildman–Crippen LogP) is 6.25. The number of aromatic hydroxyl groups is 1. The van der Waals surface area contributed by atoms with E-state index in [0.29, 0.717) is 47.2 Å². The molecule has 0 fully saturated rings. The number of aryl methyl sites for hydroxylation is 2. The van der Waals surface area contributed by atoms with Crippen LogP contribution in [0, 0.1) is 19.7 Å². The highest BCUT2D eigenvalue weighted by atomic mass is 19.1. The lowest BCUT2D eigenvalue weighted by Crippen LogP contribution is -2.29. The van der Waals surface area contributed by atoms with Gasteiger partial charge in [0.2, 0.25) is 0 Å². The lowest BCUT2D eigenvalue weighted by Gasteiger charge is -2.27. The van der Waals surface area contributed by atoms with Crippen LogP contribution in [-0.2, 0) is 6.54 Å². The van der Waals surface area contributed by atoms with E-state index in [-0.39, 0.29) is 24.0 Å². The summed E-state index contributed by atoms with van der Waals surface area (Å²) in [5, 5.41) is 18.4. The van der Waals surface area contributed by atoms with Crippen molar-refractivity contribution in [3.63, 3.8) is 0 Å². The van der Waals surface area contributed by atoms with E-state index in [1.165, 1.54) is 12.1 Å². The van der Waals surface area contributed by atoms with Crippen LogP contribution in [0.4, 0.5) is 4.39 Å². The number of hydrogen-bond acceptors (Lipinski definition) is 5. The van der Waals surface area contributed by atoms with Crippen molar-refractivity contribution >= 4 is 5.91 Å². The Labute approximate surface area is 226 Å². The number of aromatic nitrogens is 2. The van der Waals surface area contributed by atoms with Crippen LogP contribution >= 0.6 is 0 Å². The molecule has 1 aliphatic rings. The monoisotopic (exact) mass is 527 g/mol. The van der Waals surface area contributed by atoms with Gasteiger partial charge in [0.25, 0.3) is 5.91 Å². The highest BCUT2D eigenvalue weighted by Gasteiger charge is 2.43. The number of rotatable bonds is 9. The van der Waals surface area contributed by atoms with Gasteiger partial charge in [-0.15, -0.1) is 0 Å². The van der Waals surface area contributed by atoms with E-state index >= 15 is 0 Å². The van der Waals surface area contributed by atoms with Crippen LogP contribution < -0.4 is 9.47 Å². The van der Waals surface area contributed by atoms with Gasteiger partial charge in [0, 0.05) is 17.7 Å². The topological polar surface area (TPSA) is 87.7 Å². The molecule has 1 amide bonds. The second-order valence-corrected chi connectivity index (χ2v) is 9.54. The molecular formula is C31H30FN3O4. The number of amides is 1. The lowest BCUT2D eigenvalue weighted by molar-refractivity contribution is 0.0729. The van der Waals surface area contributed by atoms with Crippen LogP contribution in [0.25, 0.3) is 11.3 Å². The van der Waals surface area contributed by atoms with E-state index < -0.39 is 6.04 Å². The van der Waals surface area contributed by atoms with E-state index in [4.69, 9.17) is 9.47 Å². The van der Waals surface area contributed by atoms with Crippen LogP contribution in [0.15, 0.2) is 67.3 Å². The number of nitrogens with one attached hydrogen (secondary N) is 1. The van der Waals surface area contributed by atoms with Gasteiger partial charge >= 0.3 is 0 Å². The van der Waals surface area contributed by atoms with Crippen molar-refractivity contribution in [1.29, 1.82) is 0 Å². The molecule has 2 N–H and O–H groups in total. The van der Waals surface area contributed by atoms with Gasteiger partial charge in [-0.1, -0.05) is 36.9 Å². The highest BCUT2D eigenvalue weighted by molar-refractivity contribution is 6.00. The Balaban J connectivity index is 1.68. The molecule has 0 aliphatic carbocycles. The third-order valence-corrected chi connectivity index (χ3v) is 6.77. The zero-order chi connectivity index (χ0) is 27.7. The molecule has 7 nitrogen and oxygen atoms in total. The molecular weight excluding hydrogens is 497 g/mol. The Hall–Kier alpha value is -4.59. The second kappa shape index (κ2) is 10.6. The molecule has 0 radical (unpaired) electrons. The van der Waals surface area contributed by atoms with Crippen LogP contribution in [0.3, 0.4) is 0 Å². The molecule has 1 aliphatic heterocycles. The number of fused-ring (bicyclic) bond motifs is 1. The van der Waals surface area contributed by atoms with Crippen LogP contribution in [0.2, 0.25) is 0 Å². The first-order valence-electron chi connectivity index (χ1n) is 12.8. The Morgan fingerprint density at radius 3 is 2.56 bits per heavy atom. The van der Waals surface area contributed by atoms with Gasteiger partial charge in [-0.2, -0.15) is 5.10 Å². The molecule has 2 heterocycles. The number of phenols is 1. The van der Waals surface area contributed by atoms with Crippen molar-refractivity contribution in [2.24, 2.45) is 0 Å². The average molecular weight is 528 g/mol. The maximum Gasteiger partial charge on any atom is 0.273 e. The summed E-state index contributed by atoms with van der Waals surface area (Å²) in [6.45, 7) is 10.4. The van der Waals surface area contributed by atoms with E-state index in [2.05, 4.69) is 16.8 Å². The molecule has 0 bridgehead atoms. The number of carbonyl (C=O) groups excluding carboxylic acids is 1. The van der Waals surface area contributed by atoms with Crippen molar-refractivity contribution in [2.45, 2.75) is 33.4 Å². The Morgan fingerprint density at radius 1 is 1.10 bits per heavy atom. The minimum Gasteiger partial charge on any atom is -0.507 e. The number of nitrogens with zero attached hydrogens (tertiary/aromatic N) is 2. The fourth-order valence-electron chi connectivity index (χ4n) is 5.17. The number of phenolic OH excluding ortho intramolecular Hbond substituents is 1. The smallest absolute Gasteiger partial charge is 0.273 e. The molecule has 3 aromatic carbocycles. The summed E-state index contributed by atoms with van der Waals surface area (Å²) in [5.41, 5.74) is 5.40. The maximum absolute atomic E-state index is 13.8. The third-order valence-electron chi connectivity index (χ3n) is 6.77. The predicted molar refractivity (Wildman–Crippen MR) is 147 cm³/mol. The zero-order valence-electron chi connectivity index (χ0n) is 22.1. The summed E-state index contributed by atoms with van der Waals surface area (Å²) < 4.78 is 25.3. The first-order valence-corrected chi connectivity index (χ1v) is 12.8.